The number of halogens is 1. The maximum absolute atomic E-state index is 14.2. The largest absolute Gasteiger partial charge is 0.390 e. The van der Waals surface area contributed by atoms with E-state index in [1.165, 1.54) is 13.8 Å². The Morgan fingerprint density at radius 1 is 1.31 bits per heavy atom. The first-order valence-electron chi connectivity index (χ1n) is 10.9. The maximum Gasteiger partial charge on any atom is 0.322 e. The molecule has 3 aromatic rings. The van der Waals surface area contributed by atoms with Crippen LogP contribution in [0, 0.1) is 0 Å². The number of nitrogens with zero attached hydrogens (tertiary/aromatic N) is 5. The highest BCUT2D eigenvalue weighted by molar-refractivity contribution is 5.94. The summed E-state index contributed by atoms with van der Waals surface area (Å²) in [5.74, 6) is 0. The van der Waals surface area contributed by atoms with Crippen molar-refractivity contribution in [3.8, 4) is 11.4 Å². The van der Waals surface area contributed by atoms with Crippen LogP contribution in [0.2, 0.25) is 0 Å². The zero-order valence-electron chi connectivity index (χ0n) is 18.5. The van der Waals surface area contributed by atoms with Gasteiger partial charge in [-0.3, -0.25) is 14.8 Å². The summed E-state index contributed by atoms with van der Waals surface area (Å²) in [6, 6.07) is 1.61. The number of amides is 2. The Hall–Kier alpha value is -3.01. The number of fused-ring (bicyclic) bond motifs is 1. The lowest BCUT2D eigenvalue weighted by Gasteiger charge is -2.43. The third-order valence-electron chi connectivity index (χ3n) is 6.42. The van der Waals surface area contributed by atoms with Crippen molar-refractivity contribution in [2.24, 2.45) is 0 Å². The number of pyridine rings is 1. The number of aromatic amines is 1. The van der Waals surface area contributed by atoms with Gasteiger partial charge in [0.15, 0.2) is 0 Å². The van der Waals surface area contributed by atoms with Crippen LogP contribution in [-0.2, 0) is 6.54 Å². The van der Waals surface area contributed by atoms with Crippen LogP contribution in [-0.4, -0.2) is 64.4 Å². The van der Waals surface area contributed by atoms with Crippen molar-refractivity contribution in [1.82, 2.24) is 29.9 Å². The van der Waals surface area contributed by atoms with Crippen molar-refractivity contribution in [3.05, 3.63) is 24.7 Å². The van der Waals surface area contributed by atoms with E-state index < -0.39 is 11.3 Å². The molecule has 5 rings (SSSR count). The molecule has 1 atom stereocenters. The number of carbonyl (C=O) groups excluding carboxylic acids is 1. The highest BCUT2D eigenvalue weighted by atomic mass is 19.1. The van der Waals surface area contributed by atoms with Crippen LogP contribution >= 0.6 is 0 Å². The van der Waals surface area contributed by atoms with E-state index in [2.05, 4.69) is 25.6 Å². The van der Waals surface area contributed by atoms with Gasteiger partial charge in [0.25, 0.3) is 0 Å². The van der Waals surface area contributed by atoms with Crippen LogP contribution in [0.1, 0.15) is 46.5 Å². The fourth-order valence-electron chi connectivity index (χ4n) is 4.74. The topological polar surface area (TPSA) is 112 Å². The van der Waals surface area contributed by atoms with Crippen molar-refractivity contribution in [2.75, 3.05) is 11.9 Å². The van der Waals surface area contributed by atoms with Crippen molar-refractivity contribution in [1.29, 1.82) is 0 Å². The van der Waals surface area contributed by atoms with Gasteiger partial charge >= 0.3 is 6.03 Å². The van der Waals surface area contributed by atoms with Crippen LogP contribution in [0.25, 0.3) is 22.3 Å². The average molecular weight is 442 g/mol. The second-order valence-electron chi connectivity index (χ2n) is 10.0. The lowest BCUT2D eigenvalue weighted by atomic mass is 9.86. The van der Waals surface area contributed by atoms with E-state index in [0.717, 1.165) is 23.7 Å². The fourth-order valence-corrected chi connectivity index (χ4v) is 4.74. The first-order valence-corrected chi connectivity index (χ1v) is 10.9. The molecular formula is C22H28FN7O2. The number of carbonyl (C=O) groups is 1. The van der Waals surface area contributed by atoms with Crippen LogP contribution in [0.4, 0.5) is 14.9 Å². The number of nitrogens with one attached hydrogen (secondary N) is 2. The van der Waals surface area contributed by atoms with Crippen molar-refractivity contribution < 1.29 is 14.3 Å². The standard InChI is InChI=1S/C22H28FN7O2/c1-20(2,23)13-30-17-8-15(24-9-14(17)10-26-30)18-16(11-25-28-18)27-19(31)29-7-6-21(3,32)12-22(29)4-5-22/h8-11,32H,4-7,12-13H2,1-3H3,(H,25,28)(H,27,31). The Morgan fingerprint density at radius 2 is 2.09 bits per heavy atom. The summed E-state index contributed by atoms with van der Waals surface area (Å²) in [5, 5.41) is 25.5. The van der Waals surface area contributed by atoms with E-state index in [-0.39, 0.29) is 18.1 Å². The van der Waals surface area contributed by atoms with Gasteiger partial charge in [0.05, 0.1) is 41.4 Å². The predicted molar refractivity (Wildman–Crippen MR) is 118 cm³/mol. The average Bonchev–Trinajstić information content (AvgIpc) is 3.11. The first-order chi connectivity index (χ1) is 15.1. The molecule has 0 radical (unpaired) electrons. The zero-order valence-corrected chi connectivity index (χ0v) is 18.5. The Kier molecular flexibility index (Phi) is 4.56. The molecule has 10 heteroatoms. The van der Waals surface area contributed by atoms with Gasteiger partial charge in [-0.25, -0.2) is 9.18 Å². The SMILES string of the molecule is CC(C)(F)Cn1ncc2cnc(-c3[nH]ncc3NC(=O)N3CCC(C)(O)CC34CC4)cc21. The quantitative estimate of drug-likeness (QED) is 0.574. The normalized spacial score (nSPS) is 22.5. The molecule has 3 aromatic heterocycles. The van der Waals surface area contributed by atoms with Gasteiger partial charge in [0, 0.05) is 23.7 Å². The minimum Gasteiger partial charge on any atom is -0.390 e. The smallest absolute Gasteiger partial charge is 0.322 e. The molecule has 1 aliphatic heterocycles. The molecule has 1 unspecified atom stereocenters. The molecule has 32 heavy (non-hydrogen) atoms. The third kappa shape index (κ3) is 3.83. The second-order valence-corrected chi connectivity index (χ2v) is 10.0. The van der Waals surface area contributed by atoms with E-state index in [4.69, 9.17) is 0 Å². The van der Waals surface area contributed by atoms with Crippen LogP contribution in [0.3, 0.4) is 0 Å². The van der Waals surface area contributed by atoms with Gasteiger partial charge in [0.2, 0.25) is 0 Å². The molecule has 1 aliphatic carbocycles. The van der Waals surface area contributed by atoms with Crippen LogP contribution in [0.5, 0.6) is 0 Å². The fraction of sp³-hybridized carbons (Fsp3) is 0.545. The van der Waals surface area contributed by atoms with E-state index >= 15 is 0 Å². The summed E-state index contributed by atoms with van der Waals surface area (Å²) in [7, 11) is 0. The van der Waals surface area contributed by atoms with Gasteiger partial charge in [0.1, 0.15) is 11.4 Å². The third-order valence-corrected chi connectivity index (χ3v) is 6.42. The van der Waals surface area contributed by atoms with Gasteiger partial charge < -0.3 is 15.3 Å². The number of piperidine rings is 1. The Morgan fingerprint density at radius 3 is 2.81 bits per heavy atom. The van der Waals surface area contributed by atoms with Gasteiger partial charge in [-0.05, 0) is 52.5 Å². The number of rotatable bonds is 4. The van der Waals surface area contributed by atoms with E-state index in [0.29, 0.717) is 36.5 Å². The highest BCUT2D eigenvalue weighted by Gasteiger charge is 2.56. The van der Waals surface area contributed by atoms with Crippen molar-refractivity contribution >= 4 is 22.6 Å². The Balaban J connectivity index is 1.40. The molecule has 2 amide bonds. The van der Waals surface area contributed by atoms with E-state index in [9.17, 15) is 14.3 Å². The molecule has 2 aliphatic rings. The molecule has 1 saturated carbocycles. The molecule has 3 N–H and O–H groups in total. The van der Waals surface area contributed by atoms with Gasteiger partial charge in [-0.1, -0.05) is 0 Å². The molecule has 2 fully saturated rings. The highest BCUT2D eigenvalue weighted by Crippen LogP contribution is 2.51. The molecular weight excluding hydrogens is 413 g/mol. The Bertz CT molecular complexity index is 1170. The van der Waals surface area contributed by atoms with Gasteiger partial charge in [-0.2, -0.15) is 10.2 Å². The Labute approximate surface area is 185 Å². The number of alkyl halides is 1. The molecule has 170 valence electrons. The monoisotopic (exact) mass is 441 g/mol. The molecule has 1 saturated heterocycles. The number of anilines is 1. The summed E-state index contributed by atoms with van der Waals surface area (Å²) >= 11 is 0. The minimum absolute atomic E-state index is 0.118. The number of likely N-dealkylation sites (tertiary alicyclic amines) is 1. The number of hydrogen-bond acceptors (Lipinski definition) is 5. The maximum atomic E-state index is 14.2. The van der Waals surface area contributed by atoms with Crippen molar-refractivity contribution in [3.63, 3.8) is 0 Å². The molecule has 4 heterocycles. The van der Waals surface area contributed by atoms with Crippen LogP contribution < -0.4 is 5.32 Å². The summed E-state index contributed by atoms with van der Waals surface area (Å²) < 4.78 is 15.8. The summed E-state index contributed by atoms with van der Waals surface area (Å²) in [5.41, 5.74) is 0.0265. The molecule has 9 nitrogen and oxygen atoms in total. The van der Waals surface area contributed by atoms with Crippen molar-refractivity contribution in [2.45, 2.75) is 69.8 Å². The summed E-state index contributed by atoms with van der Waals surface area (Å²) in [6.07, 6.45) is 7.85. The number of aliphatic hydroxyl groups is 1. The number of aromatic nitrogens is 5. The lowest BCUT2D eigenvalue weighted by molar-refractivity contribution is -0.0259. The number of urea groups is 1. The second kappa shape index (κ2) is 6.99. The van der Waals surface area contributed by atoms with E-state index in [1.807, 2.05) is 17.9 Å². The van der Waals surface area contributed by atoms with E-state index in [1.54, 1.807) is 23.3 Å². The lowest BCUT2D eigenvalue weighted by Crippen LogP contribution is -2.54. The molecule has 0 bridgehead atoms. The van der Waals surface area contributed by atoms with Crippen LogP contribution in [0.15, 0.2) is 24.7 Å². The number of hydrogen-bond donors (Lipinski definition) is 3. The first kappa shape index (κ1) is 20.9. The summed E-state index contributed by atoms with van der Waals surface area (Å²) in [4.78, 5) is 19.4. The summed E-state index contributed by atoms with van der Waals surface area (Å²) in [6.45, 7) is 5.49. The molecule has 0 aromatic carbocycles. The number of H-pyrrole nitrogens is 1. The predicted octanol–water partition coefficient (Wildman–Crippen LogP) is 3.48. The van der Waals surface area contributed by atoms with Gasteiger partial charge in [-0.15, -0.1) is 0 Å². The zero-order chi connectivity index (χ0) is 22.7. The minimum atomic E-state index is -1.41. The molecule has 1 spiro atoms.